The molecule has 0 radical (unpaired) electrons. The van der Waals surface area contributed by atoms with Crippen molar-refractivity contribution in [1.82, 2.24) is 0 Å². The van der Waals surface area contributed by atoms with Gasteiger partial charge in [0.25, 0.3) is 0 Å². The number of halogens is 2. The van der Waals surface area contributed by atoms with Gasteiger partial charge in [-0.25, -0.2) is 0 Å². The van der Waals surface area contributed by atoms with Gasteiger partial charge in [-0.2, -0.15) is 0 Å². The molecule has 0 saturated heterocycles. The van der Waals surface area contributed by atoms with Crippen LogP contribution in [0.5, 0.6) is 0 Å². The van der Waals surface area contributed by atoms with Crippen molar-refractivity contribution in [2.75, 3.05) is 6.61 Å². The van der Waals surface area contributed by atoms with Crippen LogP contribution in [0.3, 0.4) is 0 Å². The summed E-state index contributed by atoms with van der Waals surface area (Å²) in [6.07, 6.45) is 0.725. The number of aliphatic hydroxyl groups excluding tert-OH is 1. The molecule has 0 amide bonds. The molecule has 1 nitrogen and oxygen atoms in total. The zero-order valence-corrected chi connectivity index (χ0v) is 6.21. The van der Waals surface area contributed by atoms with E-state index < -0.39 is 4.33 Å². The highest BCUT2D eigenvalue weighted by Gasteiger charge is 2.50. The van der Waals surface area contributed by atoms with E-state index in [0.29, 0.717) is 0 Å². The van der Waals surface area contributed by atoms with Gasteiger partial charge in [-0.15, -0.1) is 23.2 Å². The summed E-state index contributed by atoms with van der Waals surface area (Å²) < 4.78 is -0.623. The van der Waals surface area contributed by atoms with E-state index in [0.717, 1.165) is 6.42 Å². The van der Waals surface area contributed by atoms with E-state index in [1.807, 2.05) is 0 Å². The minimum atomic E-state index is -0.623. The Labute approximate surface area is 64.0 Å². The number of alkyl halides is 2. The molecule has 1 atom stereocenters. The van der Waals surface area contributed by atoms with Crippen LogP contribution in [0.25, 0.3) is 0 Å². The molecule has 0 spiro atoms. The van der Waals surface area contributed by atoms with Crippen molar-refractivity contribution < 1.29 is 5.11 Å². The van der Waals surface area contributed by atoms with Gasteiger partial charge in [0.2, 0.25) is 0 Å². The van der Waals surface area contributed by atoms with Crippen LogP contribution >= 0.6 is 23.2 Å². The molecular formula is C6H6Cl2O. The summed E-state index contributed by atoms with van der Waals surface area (Å²) in [4.78, 5) is 0. The van der Waals surface area contributed by atoms with E-state index in [4.69, 9.17) is 28.3 Å². The summed E-state index contributed by atoms with van der Waals surface area (Å²) in [7, 11) is 0. The van der Waals surface area contributed by atoms with Crippen LogP contribution in [-0.4, -0.2) is 16.0 Å². The Morgan fingerprint density at radius 1 is 1.67 bits per heavy atom. The number of hydrogen-bond acceptors (Lipinski definition) is 1. The molecular weight excluding hydrogens is 159 g/mol. The Morgan fingerprint density at radius 2 is 2.22 bits per heavy atom. The molecule has 0 aromatic carbocycles. The molecule has 0 aliphatic heterocycles. The number of hydrogen-bond donors (Lipinski definition) is 1. The Bertz CT molecular complexity index is 166. The summed E-state index contributed by atoms with van der Waals surface area (Å²) in [5, 5.41) is 8.25. The zero-order valence-electron chi connectivity index (χ0n) is 4.69. The van der Waals surface area contributed by atoms with Crippen LogP contribution in [0.2, 0.25) is 0 Å². The van der Waals surface area contributed by atoms with Crippen LogP contribution in [0.4, 0.5) is 0 Å². The van der Waals surface area contributed by atoms with Crippen molar-refractivity contribution in [2.45, 2.75) is 10.8 Å². The Morgan fingerprint density at radius 3 is 2.56 bits per heavy atom. The van der Waals surface area contributed by atoms with Crippen LogP contribution in [0.1, 0.15) is 6.42 Å². The normalized spacial score (nSPS) is 28.6. The molecule has 0 aromatic heterocycles. The first-order valence-electron chi connectivity index (χ1n) is 2.64. The highest BCUT2D eigenvalue weighted by atomic mass is 35.5. The van der Waals surface area contributed by atoms with Crippen molar-refractivity contribution in [1.29, 1.82) is 0 Å². The average molecular weight is 165 g/mol. The Balaban J connectivity index is 2.35. The van der Waals surface area contributed by atoms with Crippen molar-refractivity contribution >= 4 is 23.2 Å². The topological polar surface area (TPSA) is 20.2 Å². The van der Waals surface area contributed by atoms with Gasteiger partial charge in [-0.05, 0) is 6.42 Å². The van der Waals surface area contributed by atoms with Gasteiger partial charge in [0.15, 0.2) is 0 Å². The molecule has 1 saturated carbocycles. The van der Waals surface area contributed by atoms with Gasteiger partial charge >= 0.3 is 0 Å². The summed E-state index contributed by atoms with van der Waals surface area (Å²) in [6.45, 7) is -0.111. The summed E-state index contributed by atoms with van der Waals surface area (Å²) >= 11 is 11.2. The monoisotopic (exact) mass is 164 g/mol. The molecule has 50 valence electrons. The summed E-state index contributed by atoms with van der Waals surface area (Å²) in [6, 6.07) is 0. The largest absolute Gasteiger partial charge is 0.384 e. The van der Waals surface area contributed by atoms with Crippen LogP contribution in [0, 0.1) is 17.8 Å². The molecule has 1 aliphatic carbocycles. The van der Waals surface area contributed by atoms with Crippen molar-refractivity contribution in [3.05, 3.63) is 0 Å². The highest BCUT2D eigenvalue weighted by Crippen LogP contribution is 2.52. The Kier molecular flexibility index (Phi) is 1.91. The van der Waals surface area contributed by atoms with Crippen molar-refractivity contribution in [3.63, 3.8) is 0 Å². The third-order valence-electron chi connectivity index (χ3n) is 1.18. The second-order valence-corrected chi connectivity index (χ2v) is 3.54. The quantitative estimate of drug-likeness (QED) is 0.422. The predicted octanol–water partition coefficient (Wildman–Crippen LogP) is 1.18. The fourth-order valence-electron chi connectivity index (χ4n) is 0.539. The molecule has 0 bridgehead atoms. The fraction of sp³-hybridized carbons (Fsp3) is 0.667. The minimum absolute atomic E-state index is 0.0768. The second kappa shape index (κ2) is 2.38. The van der Waals surface area contributed by atoms with E-state index in [1.165, 1.54) is 0 Å². The van der Waals surface area contributed by atoms with E-state index >= 15 is 0 Å². The third kappa shape index (κ3) is 1.76. The molecule has 1 aliphatic rings. The van der Waals surface area contributed by atoms with Gasteiger partial charge in [0.1, 0.15) is 10.9 Å². The standard InChI is InChI=1S/C6H6Cl2O/c7-6(8)4-5(6)2-1-3-9/h5,9H,3-4H2. The molecule has 9 heavy (non-hydrogen) atoms. The van der Waals surface area contributed by atoms with Crippen LogP contribution in [-0.2, 0) is 0 Å². The summed E-state index contributed by atoms with van der Waals surface area (Å²) in [5.74, 6) is 5.31. The van der Waals surface area contributed by atoms with Crippen molar-refractivity contribution in [2.24, 2.45) is 5.92 Å². The predicted molar refractivity (Wildman–Crippen MR) is 37.4 cm³/mol. The van der Waals surface area contributed by atoms with Gasteiger partial charge in [0, 0.05) is 0 Å². The molecule has 3 heteroatoms. The lowest BCUT2D eigenvalue weighted by molar-refractivity contribution is 0.350. The number of aliphatic hydroxyl groups is 1. The van der Waals surface area contributed by atoms with E-state index in [1.54, 1.807) is 0 Å². The second-order valence-electron chi connectivity index (χ2n) is 2.00. The van der Waals surface area contributed by atoms with Gasteiger partial charge in [-0.3, -0.25) is 0 Å². The van der Waals surface area contributed by atoms with Crippen LogP contribution < -0.4 is 0 Å². The van der Waals surface area contributed by atoms with E-state index in [9.17, 15) is 0 Å². The van der Waals surface area contributed by atoms with Gasteiger partial charge < -0.3 is 5.11 Å². The van der Waals surface area contributed by atoms with Gasteiger partial charge in [-0.1, -0.05) is 11.8 Å². The number of rotatable bonds is 0. The fourth-order valence-corrected chi connectivity index (χ4v) is 0.956. The lowest BCUT2D eigenvalue weighted by Crippen LogP contribution is -1.86. The molecule has 1 rings (SSSR count). The van der Waals surface area contributed by atoms with Crippen LogP contribution in [0.15, 0.2) is 0 Å². The molecule has 1 fully saturated rings. The maximum Gasteiger partial charge on any atom is 0.133 e. The molecule has 0 aromatic rings. The van der Waals surface area contributed by atoms with E-state index in [-0.39, 0.29) is 12.5 Å². The van der Waals surface area contributed by atoms with Gasteiger partial charge in [0.05, 0.1) is 5.92 Å². The maximum absolute atomic E-state index is 8.25. The van der Waals surface area contributed by atoms with E-state index in [2.05, 4.69) is 11.8 Å². The highest BCUT2D eigenvalue weighted by molar-refractivity contribution is 6.51. The lowest BCUT2D eigenvalue weighted by Gasteiger charge is -1.86. The summed E-state index contributed by atoms with van der Waals surface area (Å²) in [5.41, 5.74) is 0. The SMILES string of the molecule is OCC#CC1CC1(Cl)Cl. The first-order valence-corrected chi connectivity index (χ1v) is 3.39. The minimum Gasteiger partial charge on any atom is -0.384 e. The first-order chi connectivity index (χ1) is 4.17. The molecule has 1 N–H and O–H groups in total. The average Bonchev–Trinajstić information content (AvgIpc) is 2.35. The third-order valence-corrected chi connectivity index (χ3v) is 2.02. The maximum atomic E-state index is 8.25. The molecule has 0 heterocycles. The van der Waals surface area contributed by atoms with Crippen molar-refractivity contribution in [3.8, 4) is 11.8 Å². The Hall–Kier alpha value is 0.100. The lowest BCUT2D eigenvalue weighted by atomic mass is 10.4. The zero-order chi connectivity index (χ0) is 6.91. The smallest absolute Gasteiger partial charge is 0.133 e. The first kappa shape index (κ1) is 7.21. The molecule has 1 unspecified atom stereocenters.